The average Bonchev–Trinajstić information content (AvgIpc) is 2.78. The van der Waals surface area contributed by atoms with Gasteiger partial charge in [0.2, 0.25) is 0 Å². The van der Waals surface area contributed by atoms with Crippen LogP contribution in [0.3, 0.4) is 0 Å². The maximum absolute atomic E-state index is 11.8. The van der Waals surface area contributed by atoms with Gasteiger partial charge in [-0.2, -0.15) is 0 Å². The molecule has 30 heavy (non-hydrogen) atoms. The van der Waals surface area contributed by atoms with Crippen molar-refractivity contribution in [2.24, 2.45) is 0 Å². The number of rotatable bonds is 2. The summed E-state index contributed by atoms with van der Waals surface area (Å²) in [6.45, 7) is 1.47. The van der Waals surface area contributed by atoms with E-state index in [0.717, 1.165) is 0 Å². The highest BCUT2D eigenvalue weighted by Crippen LogP contribution is 2.31. The van der Waals surface area contributed by atoms with Crippen molar-refractivity contribution in [3.63, 3.8) is 0 Å². The first kappa shape index (κ1) is 21.3. The maximum atomic E-state index is 11.8. The monoisotopic (exact) mass is 416 g/mol. The third-order valence-electron chi connectivity index (χ3n) is 4.34. The van der Waals surface area contributed by atoms with Crippen molar-refractivity contribution >= 4 is 11.9 Å². The van der Waals surface area contributed by atoms with E-state index in [1.54, 1.807) is 36.4 Å². The van der Waals surface area contributed by atoms with Gasteiger partial charge >= 0.3 is 11.9 Å². The quantitative estimate of drug-likeness (QED) is 0.689. The minimum absolute atomic E-state index is 0.341. The lowest BCUT2D eigenvalue weighted by Gasteiger charge is -2.17. The smallest absolute Gasteiger partial charge is 0.337 e. The number of carbonyl (C=O) groups excluding carboxylic acids is 2. The molecule has 3 rings (SSSR count). The summed E-state index contributed by atoms with van der Waals surface area (Å²) in [7, 11) is 2.65. The predicted molar refractivity (Wildman–Crippen MR) is 107 cm³/mol. The summed E-state index contributed by atoms with van der Waals surface area (Å²) in [5, 5.41) is 0. The molecule has 0 amide bonds. The lowest BCUT2D eigenvalue weighted by atomic mass is 10.2. The molecule has 1 heterocycles. The number of methoxy groups -OCH3 is 2. The van der Waals surface area contributed by atoms with Crippen molar-refractivity contribution in [2.45, 2.75) is 12.8 Å². The van der Waals surface area contributed by atoms with Gasteiger partial charge in [-0.05, 0) is 36.4 Å². The van der Waals surface area contributed by atoms with E-state index in [2.05, 4.69) is 0 Å². The minimum Gasteiger partial charge on any atom is -0.490 e. The normalized spacial score (nSPS) is 14.2. The van der Waals surface area contributed by atoms with Crippen molar-refractivity contribution in [1.82, 2.24) is 0 Å². The minimum atomic E-state index is -0.449. The molecule has 0 spiro atoms. The molecule has 1 aliphatic rings. The fourth-order valence-corrected chi connectivity index (χ4v) is 2.82. The Morgan fingerprint density at radius 3 is 1.37 bits per heavy atom. The van der Waals surface area contributed by atoms with Crippen LogP contribution in [0, 0.1) is 0 Å². The molecule has 160 valence electrons. The number of carbonyl (C=O) groups is 2. The van der Waals surface area contributed by atoms with Gasteiger partial charge < -0.3 is 28.4 Å². The molecule has 0 aliphatic carbocycles. The summed E-state index contributed by atoms with van der Waals surface area (Å²) >= 11 is 0. The Kier molecular flexibility index (Phi) is 7.37. The first-order valence-corrected chi connectivity index (χ1v) is 9.58. The lowest BCUT2D eigenvalue weighted by molar-refractivity contribution is 0.0591. The summed E-state index contributed by atoms with van der Waals surface area (Å²) in [5.74, 6) is 1.12. The molecule has 0 saturated heterocycles. The van der Waals surface area contributed by atoms with Crippen LogP contribution in [0.25, 0.3) is 0 Å². The predicted octanol–water partition coefficient (Wildman–Crippen LogP) is 3.27. The summed E-state index contributed by atoms with van der Waals surface area (Å²) in [5.41, 5.74) is 0.759. The van der Waals surface area contributed by atoms with Gasteiger partial charge in [0.1, 0.15) is 0 Å². The zero-order valence-electron chi connectivity index (χ0n) is 17.0. The number of ether oxygens (including phenoxy) is 6. The third-order valence-corrected chi connectivity index (χ3v) is 4.34. The van der Waals surface area contributed by atoms with Gasteiger partial charge in [-0.15, -0.1) is 0 Å². The van der Waals surface area contributed by atoms with Crippen molar-refractivity contribution in [3.8, 4) is 23.0 Å². The van der Waals surface area contributed by atoms with E-state index >= 15 is 0 Å². The summed E-state index contributed by atoms with van der Waals surface area (Å²) in [4.78, 5) is 23.6. The van der Waals surface area contributed by atoms with Crippen LogP contribution in [0.5, 0.6) is 23.0 Å². The van der Waals surface area contributed by atoms with Crippen molar-refractivity contribution in [1.29, 1.82) is 0 Å². The van der Waals surface area contributed by atoms with E-state index in [-0.39, 0.29) is 0 Å². The van der Waals surface area contributed by atoms with E-state index < -0.39 is 11.9 Å². The average molecular weight is 416 g/mol. The molecule has 8 heteroatoms. The SMILES string of the molecule is COC(=O)c1ccc2c(c1)OCCCOc1cc(C(=O)OC)ccc1OCCCO2. The number of hydrogen-bond donors (Lipinski definition) is 0. The molecule has 8 nitrogen and oxygen atoms in total. The zero-order chi connectivity index (χ0) is 21.3. The fraction of sp³-hybridized carbons (Fsp3) is 0.364. The molecular formula is C22H24O8. The second-order valence-electron chi connectivity index (χ2n) is 6.41. The fourth-order valence-electron chi connectivity index (χ4n) is 2.82. The molecule has 0 radical (unpaired) electrons. The van der Waals surface area contributed by atoms with Crippen LogP contribution >= 0.6 is 0 Å². The van der Waals surface area contributed by atoms with Crippen LogP contribution in [0.4, 0.5) is 0 Å². The zero-order valence-corrected chi connectivity index (χ0v) is 17.0. The lowest BCUT2D eigenvalue weighted by Crippen LogP contribution is -2.12. The third kappa shape index (κ3) is 5.34. The van der Waals surface area contributed by atoms with Crippen LogP contribution in [0.15, 0.2) is 36.4 Å². The Morgan fingerprint density at radius 2 is 1.00 bits per heavy atom. The van der Waals surface area contributed by atoms with E-state index in [4.69, 9.17) is 28.4 Å². The second-order valence-corrected chi connectivity index (χ2v) is 6.41. The van der Waals surface area contributed by atoms with E-state index in [0.29, 0.717) is 73.4 Å². The Balaban J connectivity index is 1.73. The molecule has 0 unspecified atom stereocenters. The highest BCUT2D eigenvalue weighted by atomic mass is 16.5. The summed E-state index contributed by atoms with van der Waals surface area (Å²) in [6, 6.07) is 9.84. The van der Waals surface area contributed by atoms with Gasteiger partial charge in [0.25, 0.3) is 0 Å². The van der Waals surface area contributed by atoms with E-state index in [9.17, 15) is 9.59 Å². The number of fused-ring (bicyclic) bond motifs is 2. The van der Waals surface area contributed by atoms with E-state index in [1.807, 2.05) is 0 Å². The second kappa shape index (κ2) is 10.4. The van der Waals surface area contributed by atoms with Crippen molar-refractivity contribution in [2.75, 3.05) is 40.6 Å². The number of esters is 2. The van der Waals surface area contributed by atoms with Crippen LogP contribution in [-0.2, 0) is 9.47 Å². The van der Waals surface area contributed by atoms with Crippen molar-refractivity contribution in [3.05, 3.63) is 47.5 Å². The van der Waals surface area contributed by atoms with Crippen LogP contribution in [0.2, 0.25) is 0 Å². The molecule has 2 aromatic carbocycles. The molecule has 0 N–H and O–H groups in total. The number of benzene rings is 2. The maximum Gasteiger partial charge on any atom is 0.337 e. The molecular weight excluding hydrogens is 392 g/mol. The van der Waals surface area contributed by atoms with Gasteiger partial charge in [-0.3, -0.25) is 0 Å². The Hall–Kier alpha value is -3.42. The van der Waals surface area contributed by atoms with Gasteiger partial charge in [0.05, 0.1) is 51.8 Å². The molecule has 0 bridgehead atoms. The Bertz CT molecular complexity index is 821. The standard InChI is InChI=1S/C22H24O8/c1-25-21(23)15-5-7-17-19(13-15)29-11-4-12-30-20-14-16(22(24)26-2)6-8-18(20)28-10-3-9-27-17/h5-8,13-14H,3-4,9-12H2,1-2H3. The largest absolute Gasteiger partial charge is 0.490 e. The highest BCUT2D eigenvalue weighted by molar-refractivity contribution is 5.90. The Morgan fingerprint density at radius 1 is 0.633 bits per heavy atom. The van der Waals surface area contributed by atoms with Gasteiger partial charge in [-0.25, -0.2) is 9.59 Å². The first-order valence-electron chi connectivity index (χ1n) is 9.58. The molecule has 0 saturated carbocycles. The van der Waals surface area contributed by atoms with Crippen LogP contribution < -0.4 is 18.9 Å². The van der Waals surface area contributed by atoms with Crippen LogP contribution in [-0.4, -0.2) is 52.6 Å². The van der Waals surface area contributed by atoms with Gasteiger partial charge in [0.15, 0.2) is 23.0 Å². The first-order chi connectivity index (χ1) is 14.6. The number of hydrogen-bond acceptors (Lipinski definition) is 8. The summed E-state index contributed by atoms with van der Waals surface area (Å²) < 4.78 is 32.8. The van der Waals surface area contributed by atoms with Crippen molar-refractivity contribution < 1.29 is 38.0 Å². The molecule has 0 atom stereocenters. The van der Waals surface area contributed by atoms with Crippen LogP contribution in [0.1, 0.15) is 33.6 Å². The molecule has 2 aromatic rings. The highest BCUT2D eigenvalue weighted by Gasteiger charge is 2.15. The van der Waals surface area contributed by atoms with Gasteiger partial charge in [-0.1, -0.05) is 0 Å². The molecule has 0 fully saturated rings. The van der Waals surface area contributed by atoms with E-state index in [1.165, 1.54) is 14.2 Å². The molecule has 0 aromatic heterocycles. The topological polar surface area (TPSA) is 89.5 Å². The van der Waals surface area contributed by atoms with Gasteiger partial charge in [0, 0.05) is 12.8 Å². The summed E-state index contributed by atoms with van der Waals surface area (Å²) in [6.07, 6.45) is 1.17. The molecule has 1 aliphatic heterocycles. The Labute approximate surface area is 174 Å².